The molecule has 1 N–H and O–H groups in total. The van der Waals surface area contributed by atoms with Gasteiger partial charge in [0.05, 0.1) is 12.9 Å². The summed E-state index contributed by atoms with van der Waals surface area (Å²) in [7, 11) is 1.61. The van der Waals surface area contributed by atoms with E-state index in [0.717, 1.165) is 21.5 Å². The normalized spacial score (nSPS) is 15.9. The van der Waals surface area contributed by atoms with Crippen molar-refractivity contribution in [2.24, 2.45) is 0 Å². The van der Waals surface area contributed by atoms with Gasteiger partial charge >= 0.3 is 0 Å². The number of halogens is 1. The van der Waals surface area contributed by atoms with Gasteiger partial charge in [-0.25, -0.2) is 0 Å². The fourth-order valence-corrected chi connectivity index (χ4v) is 4.70. The first-order valence-corrected chi connectivity index (χ1v) is 11.1. The summed E-state index contributed by atoms with van der Waals surface area (Å²) in [5.74, 6) is 1.03. The number of nitrogens with one attached hydrogen (secondary N) is 1. The van der Waals surface area contributed by atoms with Crippen molar-refractivity contribution in [3.05, 3.63) is 88.4 Å². The van der Waals surface area contributed by atoms with Crippen LogP contribution in [0.2, 0.25) is 0 Å². The van der Waals surface area contributed by atoms with Gasteiger partial charge < -0.3 is 10.1 Å². The van der Waals surface area contributed by atoms with Gasteiger partial charge in [0.1, 0.15) is 11.1 Å². The highest BCUT2D eigenvalue weighted by Crippen LogP contribution is 2.42. The molecular formula is C23H19BrN2O3S. The van der Waals surface area contributed by atoms with Crippen molar-refractivity contribution in [3.8, 4) is 5.75 Å². The molecule has 3 aromatic rings. The summed E-state index contributed by atoms with van der Waals surface area (Å²) in [6, 6.07) is 22.3. The van der Waals surface area contributed by atoms with Gasteiger partial charge in [-0.1, -0.05) is 28.1 Å². The first kappa shape index (κ1) is 20.5. The third kappa shape index (κ3) is 4.37. The van der Waals surface area contributed by atoms with E-state index in [-0.39, 0.29) is 17.2 Å². The Bertz CT molecular complexity index is 1070. The Labute approximate surface area is 187 Å². The van der Waals surface area contributed by atoms with Crippen molar-refractivity contribution in [2.45, 2.75) is 5.37 Å². The number of hydrogen-bond donors (Lipinski definition) is 1. The van der Waals surface area contributed by atoms with E-state index in [0.29, 0.717) is 17.0 Å². The molecular weight excluding hydrogens is 464 g/mol. The van der Waals surface area contributed by atoms with Gasteiger partial charge in [0.25, 0.3) is 5.91 Å². The molecule has 0 aromatic heterocycles. The van der Waals surface area contributed by atoms with Crippen LogP contribution in [0, 0.1) is 0 Å². The SMILES string of the molecule is COc1ccc(N2C(=O)CS[C@@H]2c2cccc(NC(=O)c3ccc(Br)cc3)c2)cc1. The van der Waals surface area contributed by atoms with E-state index in [1.54, 1.807) is 35.9 Å². The summed E-state index contributed by atoms with van der Waals surface area (Å²) >= 11 is 4.94. The Hall–Kier alpha value is -2.77. The quantitative estimate of drug-likeness (QED) is 0.522. The molecule has 0 spiro atoms. The summed E-state index contributed by atoms with van der Waals surface area (Å²) in [4.78, 5) is 26.9. The highest BCUT2D eigenvalue weighted by molar-refractivity contribution is 9.10. The summed E-state index contributed by atoms with van der Waals surface area (Å²) in [6.45, 7) is 0. The van der Waals surface area contributed by atoms with Crippen LogP contribution in [0.25, 0.3) is 0 Å². The number of ether oxygens (including phenoxy) is 1. The Morgan fingerprint density at radius 1 is 1.10 bits per heavy atom. The van der Waals surface area contributed by atoms with Crippen molar-refractivity contribution in [1.29, 1.82) is 0 Å². The lowest BCUT2D eigenvalue weighted by molar-refractivity contribution is -0.115. The van der Waals surface area contributed by atoms with Crippen molar-refractivity contribution in [2.75, 3.05) is 23.1 Å². The summed E-state index contributed by atoms with van der Waals surface area (Å²) < 4.78 is 6.13. The van der Waals surface area contributed by atoms with Crippen LogP contribution in [0.3, 0.4) is 0 Å². The van der Waals surface area contributed by atoms with Crippen LogP contribution < -0.4 is 15.0 Å². The minimum atomic E-state index is -0.179. The van der Waals surface area contributed by atoms with E-state index in [1.165, 1.54) is 0 Å². The minimum Gasteiger partial charge on any atom is -0.497 e. The molecule has 5 nitrogen and oxygen atoms in total. The first-order chi connectivity index (χ1) is 14.5. The molecule has 0 saturated carbocycles. The summed E-state index contributed by atoms with van der Waals surface area (Å²) in [6.07, 6.45) is 0. The zero-order valence-electron chi connectivity index (χ0n) is 16.2. The molecule has 2 amide bonds. The van der Waals surface area contributed by atoms with Gasteiger partial charge in [0.15, 0.2) is 0 Å². The molecule has 0 radical (unpaired) electrons. The highest BCUT2D eigenvalue weighted by Gasteiger charge is 2.34. The standard InChI is InChI=1S/C23H19BrN2O3S/c1-29-20-11-9-19(10-12-20)26-21(27)14-30-23(26)16-3-2-4-18(13-16)25-22(28)15-5-7-17(24)8-6-15/h2-13,23H,14H2,1H3,(H,25,28)/t23-/m1/s1. The fourth-order valence-electron chi connectivity index (χ4n) is 3.27. The molecule has 152 valence electrons. The number of benzene rings is 3. The van der Waals surface area contributed by atoms with Crippen molar-refractivity contribution < 1.29 is 14.3 Å². The van der Waals surface area contributed by atoms with Gasteiger partial charge in [0, 0.05) is 21.4 Å². The van der Waals surface area contributed by atoms with Gasteiger partial charge in [-0.3, -0.25) is 14.5 Å². The zero-order chi connectivity index (χ0) is 21.1. The molecule has 7 heteroatoms. The molecule has 0 unspecified atom stereocenters. The van der Waals surface area contributed by atoms with Crippen LogP contribution in [0.5, 0.6) is 5.75 Å². The van der Waals surface area contributed by atoms with E-state index in [4.69, 9.17) is 4.74 Å². The highest BCUT2D eigenvalue weighted by atomic mass is 79.9. The molecule has 3 aromatic carbocycles. The Morgan fingerprint density at radius 3 is 2.53 bits per heavy atom. The number of amides is 2. The molecule has 1 heterocycles. The Morgan fingerprint density at radius 2 is 1.83 bits per heavy atom. The van der Waals surface area contributed by atoms with E-state index in [2.05, 4.69) is 21.2 Å². The molecule has 0 bridgehead atoms. The predicted molar refractivity (Wildman–Crippen MR) is 124 cm³/mol. The average molecular weight is 483 g/mol. The third-order valence-electron chi connectivity index (χ3n) is 4.75. The second-order valence-corrected chi connectivity index (χ2v) is 8.70. The molecule has 1 fully saturated rings. The molecule has 0 aliphatic carbocycles. The van der Waals surface area contributed by atoms with Gasteiger partial charge in [-0.05, 0) is 66.2 Å². The van der Waals surface area contributed by atoms with Crippen LogP contribution in [0.4, 0.5) is 11.4 Å². The van der Waals surface area contributed by atoms with Crippen LogP contribution in [0.1, 0.15) is 21.3 Å². The van der Waals surface area contributed by atoms with Crippen LogP contribution in [-0.2, 0) is 4.79 Å². The lowest BCUT2D eigenvalue weighted by Crippen LogP contribution is -2.27. The van der Waals surface area contributed by atoms with Crippen molar-refractivity contribution in [3.63, 3.8) is 0 Å². The van der Waals surface area contributed by atoms with E-state index >= 15 is 0 Å². The average Bonchev–Trinajstić information content (AvgIpc) is 3.16. The lowest BCUT2D eigenvalue weighted by atomic mass is 10.1. The topological polar surface area (TPSA) is 58.6 Å². The number of rotatable bonds is 5. The monoisotopic (exact) mass is 482 g/mol. The molecule has 1 aliphatic heterocycles. The number of thioether (sulfide) groups is 1. The summed E-state index contributed by atoms with van der Waals surface area (Å²) in [5.41, 5.74) is 3.04. The first-order valence-electron chi connectivity index (χ1n) is 9.30. The molecule has 1 atom stereocenters. The molecule has 30 heavy (non-hydrogen) atoms. The number of hydrogen-bond acceptors (Lipinski definition) is 4. The number of anilines is 2. The molecule has 4 rings (SSSR count). The number of carbonyl (C=O) groups is 2. The second-order valence-electron chi connectivity index (χ2n) is 6.71. The minimum absolute atomic E-state index is 0.0551. The largest absolute Gasteiger partial charge is 0.497 e. The number of methoxy groups -OCH3 is 1. The van der Waals surface area contributed by atoms with Crippen molar-refractivity contribution >= 4 is 50.9 Å². The summed E-state index contributed by atoms with van der Waals surface area (Å²) in [5, 5.41) is 2.78. The van der Waals surface area contributed by atoms with E-state index in [9.17, 15) is 9.59 Å². The van der Waals surface area contributed by atoms with Gasteiger partial charge in [-0.2, -0.15) is 0 Å². The Balaban J connectivity index is 1.56. The number of nitrogens with zero attached hydrogens (tertiary/aromatic N) is 1. The smallest absolute Gasteiger partial charge is 0.255 e. The second kappa shape index (κ2) is 8.93. The van der Waals surface area contributed by atoms with Crippen LogP contribution in [0.15, 0.2) is 77.3 Å². The maximum absolute atomic E-state index is 12.6. The van der Waals surface area contributed by atoms with Gasteiger partial charge in [-0.15, -0.1) is 11.8 Å². The predicted octanol–water partition coefficient (Wildman–Crippen LogP) is 5.49. The van der Waals surface area contributed by atoms with E-state index < -0.39 is 0 Å². The Kier molecular flexibility index (Phi) is 6.11. The van der Waals surface area contributed by atoms with E-state index in [1.807, 2.05) is 60.7 Å². The van der Waals surface area contributed by atoms with Crippen LogP contribution >= 0.6 is 27.7 Å². The van der Waals surface area contributed by atoms with Crippen LogP contribution in [-0.4, -0.2) is 24.7 Å². The maximum Gasteiger partial charge on any atom is 0.255 e. The number of carbonyl (C=O) groups excluding carboxylic acids is 2. The van der Waals surface area contributed by atoms with Gasteiger partial charge in [0.2, 0.25) is 5.91 Å². The molecule has 1 aliphatic rings. The fraction of sp³-hybridized carbons (Fsp3) is 0.130. The maximum atomic E-state index is 12.6. The lowest BCUT2D eigenvalue weighted by Gasteiger charge is -2.25. The van der Waals surface area contributed by atoms with Crippen molar-refractivity contribution in [1.82, 2.24) is 0 Å². The third-order valence-corrected chi connectivity index (χ3v) is 6.50. The molecule has 1 saturated heterocycles. The zero-order valence-corrected chi connectivity index (χ0v) is 18.6.